The fourth-order valence-electron chi connectivity index (χ4n) is 5.24. The highest BCUT2D eigenvalue weighted by molar-refractivity contribution is 6.09. The third kappa shape index (κ3) is 4.97. The summed E-state index contributed by atoms with van der Waals surface area (Å²) in [6.07, 6.45) is -2.40. The second-order valence-corrected chi connectivity index (χ2v) is 9.36. The number of benzene rings is 3. The van der Waals surface area contributed by atoms with Crippen molar-refractivity contribution in [1.29, 1.82) is 0 Å². The van der Waals surface area contributed by atoms with Crippen molar-refractivity contribution in [2.75, 3.05) is 31.5 Å². The first kappa shape index (κ1) is 23.6. The van der Waals surface area contributed by atoms with Crippen molar-refractivity contribution in [3.63, 3.8) is 0 Å². The zero-order chi connectivity index (χ0) is 24.6. The SMILES string of the molecule is Cc1cccc(C(=O)Nc2ccc3c(c2)C[C@H](N2CCNCC2)C3)c1-c1ccc(C(F)(F)F)cc1. The number of hydrogen-bond donors (Lipinski definition) is 2. The third-order valence-corrected chi connectivity index (χ3v) is 7.06. The number of rotatable bonds is 4. The zero-order valence-corrected chi connectivity index (χ0v) is 19.6. The zero-order valence-electron chi connectivity index (χ0n) is 19.6. The Balaban J connectivity index is 1.36. The maximum absolute atomic E-state index is 13.3. The number of carbonyl (C=O) groups excluding carboxylic acids is 1. The highest BCUT2D eigenvalue weighted by Gasteiger charge is 2.30. The second-order valence-electron chi connectivity index (χ2n) is 9.36. The van der Waals surface area contributed by atoms with E-state index >= 15 is 0 Å². The van der Waals surface area contributed by atoms with Gasteiger partial charge in [0.2, 0.25) is 0 Å². The van der Waals surface area contributed by atoms with Gasteiger partial charge >= 0.3 is 6.18 Å². The van der Waals surface area contributed by atoms with Gasteiger partial charge in [-0.1, -0.05) is 30.3 Å². The number of anilines is 1. The third-order valence-electron chi connectivity index (χ3n) is 7.06. The number of fused-ring (bicyclic) bond motifs is 1. The molecule has 0 aromatic heterocycles. The standard InChI is InChI=1S/C28H28F3N3O/c1-18-3-2-4-25(26(18)19-5-8-22(9-6-19)28(29,30)31)27(35)33-23-10-7-20-16-24(17-21(20)15-23)34-13-11-32-12-14-34/h2-10,15,24,32H,11-14,16-17H2,1H3,(H,33,35)/t24-/m1/s1. The first-order valence-electron chi connectivity index (χ1n) is 11.9. The molecule has 4 nitrogen and oxygen atoms in total. The Labute approximate surface area is 203 Å². The summed E-state index contributed by atoms with van der Waals surface area (Å²) < 4.78 is 39.0. The monoisotopic (exact) mass is 479 g/mol. The average Bonchev–Trinajstić information content (AvgIpc) is 3.27. The number of amides is 1. The molecule has 0 spiro atoms. The average molecular weight is 480 g/mol. The molecule has 1 amide bonds. The maximum Gasteiger partial charge on any atom is 0.416 e. The van der Waals surface area contributed by atoms with Crippen LogP contribution in [0.15, 0.2) is 60.7 Å². The molecule has 2 N–H and O–H groups in total. The molecule has 1 fully saturated rings. The van der Waals surface area contributed by atoms with E-state index in [1.807, 2.05) is 19.1 Å². The molecule has 1 aliphatic carbocycles. The lowest BCUT2D eigenvalue weighted by Crippen LogP contribution is -2.48. The van der Waals surface area contributed by atoms with Crippen LogP contribution in [0.2, 0.25) is 0 Å². The molecule has 7 heteroatoms. The van der Waals surface area contributed by atoms with E-state index in [9.17, 15) is 18.0 Å². The molecule has 0 bridgehead atoms. The van der Waals surface area contributed by atoms with Crippen LogP contribution in [0.5, 0.6) is 0 Å². The van der Waals surface area contributed by atoms with Gasteiger partial charge in [-0.3, -0.25) is 9.69 Å². The fourth-order valence-corrected chi connectivity index (χ4v) is 5.24. The highest BCUT2D eigenvalue weighted by atomic mass is 19.4. The van der Waals surface area contributed by atoms with Gasteiger partial charge in [-0.2, -0.15) is 13.2 Å². The molecule has 0 saturated carbocycles. The summed E-state index contributed by atoms with van der Waals surface area (Å²) in [7, 11) is 0. The van der Waals surface area contributed by atoms with Crippen molar-refractivity contribution in [2.24, 2.45) is 0 Å². The number of nitrogens with zero attached hydrogens (tertiary/aromatic N) is 1. The summed E-state index contributed by atoms with van der Waals surface area (Å²) in [6, 6.07) is 16.9. The molecule has 1 atom stereocenters. The van der Waals surface area contributed by atoms with Crippen molar-refractivity contribution in [3.05, 3.63) is 88.5 Å². The topological polar surface area (TPSA) is 44.4 Å². The molecule has 0 unspecified atom stereocenters. The van der Waals surface area contributed by atoms with Crippen molar-refractivity contribution in [1.82, 2.24) is 10.2 Å². The number of piperazine rings is 1. The van der Waals surface area contributed by atoms with E-state index in [2.05, 4.69) is 27.7 Å². The van der Waals surface area contributed by atoms with Gasteiger partial charge in [0.1, 0.15) is 0 Å². The van der Waals surface area contributed by atoms with Crippen LogP contribution in [0, 0.1) is 6.92 Å². The van der Waals surface area contributed by atoms with Crippen LogP contribution in [0.3, 0.4) is 0 Å². The minimum atomic E-state index is -4.40. The normalized spacial score (nSPS) is 18.3. The molecule has 3 aromatic rings. The van der Waals surface area contributed by atoms with Crippen molar-refractivity contribution < 1.29 is 18.0 Å². The van der Waals surface area contributed by atoms with Crippen LogP contribution in [0.25, 0.3) is 11.1 Å². The summed E-state index contributed by atoms with van der Waals surface area (Å²) in [5, 5.41) is 6.41. The van der Waals surface area contributed by atoms with Crippen LogP contribution >= 0.6 is 0 Å². The van der Waals surface area contributed by atoms with E-state index in [1.54, 1.807) is 12.1 Å². The first-order chi connectivity index (χ1) is 16.8. The summed E-state index contributed by atoms with van der Waals surface area (Å²) >= 11 is 0. The van der Waals surface area contributed by atoms with E-state index in [1.165, 1.54) is 23.3 Å². The van der Waals surface area contributed by atoms with Gasteiger partial charge < -0.3 is 10.6 Å². The first-order valence-corrected chi connectivity index (χ1v) is 11.9. The molecule has 1 heterocycles. The molecule has 3 aromatic carbocycles. The Bertz CT molecular complexity index is 1230. The van der Waals surface area contributed by atoms with Gasteiger partial charge in [0.05, 0.1) is 5.56 Å². The fraction of sp³-hybridized carbons (Fsp3) is 0.321. The van der Waals surface area contributed by atoms with Crippen LogP contribution in [0.1, 0.15) is 32.6 Å². The van der Waals surface area contributed by atoms with E-state index in [0.29, 0.717) is 22.7 Å². The minimum absolute atomic E-state index is 0.278. The van der Waals surface area contributed by atoms with Gasteiger partial charge in [0.15, 0.2) is 0 Å². The Morgan fingerprint density at radius 1 is 0.971 bits per heavy atom. The maximum atomic E-state index is 13.3. The van der Waals surface area contributed by atoms with E-state index < -0.39 is 11.7 Å². The van der Waals surface area contributed by atoms with E-state index in [-0.39, 0.29) is 5.91 Å². The van der Waals surface area contributed by atoms with Gasteiger partial charge in [-0.05, 0) is 77.9 Å². The number of carbonyl (C=O) groups is 1. The van der Waals surface area contributed by atoms with Gasteiger partial charge in [-0.25, -0.2) is 0 Å². The molecule has 1 saturated heterocycles. The van der Waals surface area contributed by atoms with Crippen molar-refractivity contribution in [2.45, 2.75) is 32.0 Å². The summed E-state index contributed by atoms with van der Waals surface area (Å²) in [5.74, 6) is -0.278. The number of hydrogen-bond acceptors (Lipinski definition) is 3. The number of nitrogens with one attached hydrogen (secondary N) is 2. The molecular weight excluding hydrogens is 451 g/mol. The van der Waals surface area contributed by atoms with Crippen molar-refractivity contribution >= 4 is 11.6 Å². The lowest BCUT2D eigenvalue weighted by Gasteiger charge is -2.32. The van der Waals surface area contributed by atoms with E-state index in [4.69, 9.17) is 0 Å². The summed E-state index contributed by atoms with van der Waals surface area (Å²) in [5.41, 5.74) is 5.08. The Hall–Kier alpha value is -3.16. The predicted octanol–water partition coefficient (Wildman–Crippen LogP) is 5.31. The second kappa shape index (κ2) is 9.47. The van der Waals surface area contributed by atoms with Gasteiger partial charge in [-0.15, -0.1) is 0 Å². The Morgan fingerprint density at radius 2 is 1.69 bits per heavy atom. The number of halogens is 3. The molecule has 2 aliphatic rings. The van der Waals surface area contributed by atoms with Crippen LogP contribution < -0.4 is 10.6 Å². The summed E-state index contributed by atoms with van der Waals surface area (Å²) in [4.78, 5) is 15.8. The quantitative estimate of drug-likeness (QED) is 0.534. The molecular formula is C28H28F3N3O. The van der Waals surface area contributed by atoms with Crippen LogP contribution in [0.4, 0.5) is 18.9 Å². The van der Waals surface area contributed by atoms with Crippen molar-refractivity contribution in [3.8, 4) is 11.1 Å². The predicted molar refractivity (Wildman–Crippen MR) is 132 cm³/mol. The molecule has 1 aliphatic heterocycles. The molecule has 182 valence electrons. The molecule has 35 heavy (non-hydrogen) atoms. The van der Waals surface area contributed by atoms with Gasteiger partial charge in [0, 0.05) is 43.5 Å². The van der Waals surface area contributed by atoms with E-state index in [0.717, 1.165) is 62.4 Å². The van der Waals surface area contributed by atoms with Crippen LogP contribution in [-0.4, -0.2) is 43.0 Å². The lowest BCUT2D eigenvalue weighted by atomic mass is 9.93. The Morgan fingerprint density at radius 3 is 2.40 bits per heavy atom. The minimum Gasteiger partial charge on any atom is -0.322 e. The number of aryl methyl sites for hydroxylation is 1. The highest BCUT2D eigenvalue weighted by Crippen LogP contribution is 2.34. The molecule has 0 radical (unpaired) electrons. The largest absolute Gasteiger partial charge is 0.416 e. The smallest absolute Gasteiger partial charge is 0.322 e. The molecule has 5 rings (SSSR count). The van der Waals surface area contributed by atoms with Gasteiger partial charge in [0.25, 0.3) is 5.91 Å². The summed E-state index contributed by atoms with van der Waals surface area (Å²) in [6.45, 7) is 6.01. The van der Waals surface area contributed by atoms with Crippen LogP contribution in [-0.2, 0) is 19.0 Å². The Kier molecular flexibility index (Phi) is 6.38. The lowest BCUT2D eigenvalue weighted by molar-refractivity contribution is -0.137. The number of alkyl halides is 3.